The van der Waals surface area contributed by atoms with Gasteiger partial charge in [-0.25, -0.2) is 0 Å². The third kappa shape index (κ3) is 7.29. The molecule has 1 heterocycles. The third-order valence-corrected chi connectivity index (χ3v) is 14.6. The molecule has 0 unspecified atom stereocenters. The van der Waals surface area contributed by atoms with Crippen LogP contribution in [-0.4, -0.2) is 29.1 Å². The number of nitrogens with zero attached hydrogens (tertiary/aromatic N) is 1. The van der Waals surface area contributed by atoms with Gasteiger partial charge in [-0.3, -0.25) is 4.79 Å². The average Bonchev–Trinajstić information content (AvgIpc) is 2.93. The summed E-state index contributed by atoms with van der Waals surface area (Å²) in [7, 11) is 0. The minimum absolute atomic E-state index is 0. The zero-order chi connectivity index (χ0) is 32.5. The number of carbonyl (C=O) groups is 1. The smallest absolute Gasteiger partial charge is 0 e. The molecule has 1 aliphatic carbocycles. The van der Waals surface area contributed by atoms with E-state index in [4.69, 9.17) is 4.98 Å². The molecule has 0 saturated carbocycles. The summed E-state index contributed by atoms with van der Waals surface area (Å²) in [4.78, 5) is 16.7. The van der Waals surface area contributed by atoms with Crippen LogP contribution < -0.4 is 4.40 Å². The first-order valence-electron chi connectivity index (χ1n) is 16.4. The molecule has 0 aliphatic heterocycles. The van der Waals surface area contributed by atoms with Crippen molar-refractivity contribution in [3.8, 4) is 11.3 Å². The minimum Gasteiger partial charge on any atom is 0 e. The van der Waals surface area contributed by atoms with E-state index in [1.165, 1.54) is 50.4 Å². The van der Waals surface area contributed by atoms with E-state index < -0.39 is 13.3 Å². The van der Waals surface area contributed by atoms with Gasteiger partial charge in [0.15, 0.2) is 5.78 Å². The Morgan fingerprint density at radius 3 is 1.98 bits per heavy atom. The summed E-state index contributed by atoms with van der Waals surface area (Å²) in [5.74, 6) is 8.02. The van der Waals surface area contributed by atoms with E-state index in [-0.39, 0.29) is 54.3 Å². The van der Waals surface area contributed by atoms with Crippen molar-refractivity contribution in [1.29, 1.82) is 0 Å². The van der Waals surface area contributed by atoms with E-state index in [1.807, 2.05) is 33.9 Å². The Hall–Kier alpha value is -1.75. The maximum Gasteiger partial charge on any atom is 0 e. The molecular formula is C39H56GeIrNO2-. The number of carbonyl (C=O) groups excluding carboxylic acids is 1. The maximum absolute atomic E-state index is 11.7. The number of aliphatic hydroxyl groups excluding tert-OH is 1. The van der Waals surface area contributed by atoms with Gasteiger partial charge in [0.05, 0.1) is 5.76 Å². The van der Waals surface area contributed by atoms with Crippen molar-refractivity contribution in [1.82, 2.24) is 4.98 Å². The molecule has 5 heteroatoms. The summed E-state index contributed by atoms with van der Waals surface area (Å²) in [6.45, 7) is 22.2. The number of allylic oxidation sites excluding steroid dienone is 2. The summed E-state index contributed by atoms with van der Waals surface area (Å²) in [6.07, 6.45) is 6.94. The monoisotopic (exact) mass is 837 g/mol. The fourth-order valence-corrected chi connectivity index (χ4v) is 10.6. The van der Waals surface area contributed by atoms with Crippen LogP contribution in [0.1, 0.15) is 103 Å². The van der Waals surface area contributed by atoms with E-state index >= 15 is 0 Å². The Labute approximate surface area is 284 Å². The number of pyridine rings is 1. The molecule has 3 nitrogen and oxygen atoms in total. The SMILES string of the molecule is CCC(CC)C(=O)/C=C(\O)C(CC)CC.Cc1ccc2[c-]c3c(c(C)c2c1)C(C)(C)C(C)(C)c1[c]([Ge]([CH3])([CH3])[CH3])ccnc1-3.[Ir]. The number of hydrogen-bond donors (Lipinski definition) is 1. The summed E-state index contributed by atoms with van der Waals surface area (Å²) >= 11 is -2.07. The van der Waals surface area contributed by atoms with Crippen LogP contribution in [0.4, 0.5) is 0 Å². The van der Waals surface area contributed by atoms with Crippen molar-refractivity contribution in [2.75, 3.05) is 0 Å². The zero-order valence-electron chi connectivity index (χ0n) is 29.6. The van der Waals surface area contributed by atoms with Crippen LogP contribution in [0, 0.1) is 31.7 Å². The van der Waals surface area contributed by atoms with Crippen molar-refractivity contribution >= 4 is 34.2 Å². The van der Waals surface area contributed by atoms with Crippen molar-refractivity contribution in [3.05, 3.63) is 70.6 Å². The largest absolute Gasteiger partial charge is 0 e. The molecule has 1 N–H and O–H groups in total. The van der Waals surface area contributed by atoms with Crippen LogP contribution in [0.5, 0.6) is 0 Å². The molecule has 0 saturated heterocycles. The van der Waals surface area contributed by atoms with Crippen LogP contribution in [0.3, 0.4) is 0 Å². The second kappa shape index (κ2) is 14.8. The Balaban J connectivity index is 0.000000363. The van der Waals surface area contributed by atoms with Crippen molar-refractivity contribution in [2.24, 2.45) is 11.8 Å². The first-order valence-corrected chi connectivity index (χ1v) is 23.7. The fourth-order valence-electron chi connectivity index (χ4n) is 6.87. The molecule has 0 spiro atoms. The second-order valence-electron chi connectivity index (χ2n) is 14.6. The van der Waals surface area contributed by atoms with E-state index in [0.29, 0.717) is 0 Å². The fraction of sp³-hybridized carbons (Fsp3) is 0.538. The average molecular weight is 836 g/mol. The van der Waals surface area contributed by atoms with Crippen LogP contribution in [0.25, 0.3) is 22.0 Å². The van der Waals surface area contributed by atoms with Crippen LogP contribution in [0.2, 0.25) is 17.3 Å². The van der Waals surface area contributed by atoms with Gasteiger partial charge in [-0.2, -0.15) is 0 Å². The normalized spacial score (nSPS) is 15.3. The standard InChI is InChI=1S/C26H32GeN.C13H24O2.Ir/c1-16-10-11-18-15-20-22(17(2)19(18)14-16)25(3,4)26(5,6)23-21(27(7,8)9)12-13-28-24(20)23;1-5-10(6-2)12(14)9-13(15)11(7-3)8-4;/h10-14H,1-9H3;9-11,14H,5-8H2,1-4H3;/q-1;;/b;12-9-;. The van der Waals surface area contributed by atoms with E-state index in [0.717, 1.165) is 25.7 Å². The van der Waals surface area contributed by atoms with Crippen LogP contribution in [-0.2, 0) is 35.7 Å². The van der Waals surface area contributed by atoms with Gasteiger partial charge in [-0.05, 0) is 25.7 Å². The van der Waals surface area contributed by atoms with E-state index in [1.54, 1.807) is 4.40 Å². The van der Waals surface area contributed by atoms with Crippen LogP contribution >= 0.6 is 0 Å². The first kappa shape index (κ1) is 38.4. The maximum atomic E-state index is 11.7. The molecule has 0 amide bonds. The number of rotatable bonds is 8. The van der Waals surface area contributed by atoms with Gasteiger partial charge in [0, 0.05) is 38.0 Å². The molecule has 3 aromatic rings. The quantitative estimate of drug-likeness (QED) is 0.106. The van der Waals surface area contributed by atoms with Crippen LogP contribution in [0.15, 0.2) is 42.3 Å². The number of aromatic nitrogens is 1. The van der Waals surface area contributed by atoms with Gasteiger partial charge >= 0.3 is 173 Å². The van der Waals surface area contributed by atoms with Gasteiger partial charge in [0.2, 0.25) is 0 Å². The van der Waals surface area contributed by atoms with Gasteiger partial charge in [0.25, 0.3) is 0 Å². The Morgan fingerprint density at radius 1 is 0.909 bits per heavy atom. The molecule has 44 heavy (non-hydrogen) atoms. The number of benzene rings is 2. The molecule has 1 aromatic heterocycles. The predicted octanol–water partition coefficient (Wildman–Crippen LogP) is 10.3. The molecule has 4 rings (SSSR count). The number of aryl methyl sites for hydroxylation is 2. The van der Waals surface area contributed by atoms with Crippen molar-refractivity contribution in [3.63, 3.8) is 0 Å². The molecule has 2 aromatic carbocycles. The predicted molar refractivity (Wildman–Crippen MR) is 188 cm³/mol. The number of fused-ring (bicyclic) bond motifs is 4. The van der Waals surface area contributed by atoms with E-state index in [2.05, 4.69) is 89.1 Å². The topological polar surface area (TPSA) is 50.2 Å². The summed E-state index contributed by atoms with van der Waals surface area (Å²) in [6, 6.07) is 12.8. The Bertz CT molecular complexity index is 1500. The molecule has 0 atom stereocenters. The Kier molecular flexibility index (Phi) is 12.9. The summed E-state index contributed by atoms with van der Waals surface area (Å²) < 4.78 is 1.59. The first-order chi connectivity index (χ1) is 20.0. The summed E-state index contributed by atoms with van der Waals surface area (Å²) in [5, 5.41) is 12.3. The molecule has 0 fully saturated rings. The zero-order valence-corrected chi connectivity index (χ0v) is 34.1. The summed E-state index contributed by atoms with van der Waals surface area (Å²) in [5.41, 5.74) is 7.99. The van der Waals surface area contributed by atoms with Gasteiger partial charge < -0.3 is 5.11 Å². The number of hydrogen-bond acceptors (Lipinski definition) is 3. The van der Waals surface area contributed by atoms with Gasteiger partial charge in [-0.1, -0.05) is 27.7 Å². The van der Waals surface area contributed by atoms with Crippen molar-refractivity contribution < 1.29 is 30.0 Å². The molecule has 1 radical (unpaired) electrons. The third-order valence-electron chi connectivity index (χ3n) is 10.4. The molecule has 0 bridgehead atoms. The van der Waals surface area contributed by atoms with Gasteiger partial charge in [-0.15, -0.1) is 0 Å². The van der Waals surface area contributed by atoms with Crippen molar-refractivity contribution in [2.45, 2.75) is 123 Å². The molecule has 243 valence electrons. The Morgan fingerprint density at radius 2 is 1.45 bits per heavy atom. The second-order valence-corrected chi connectivity index (χ2v) is 25.2. The molecular weight excluding hydrogens is 779 g/mol. The minimum atomic E-state index is -2.07. The molecule has 1 aliphatic rings. The number of ketones is 1. The van der Waals surface area contributed by atoms with Gasteiger partial charge in [0.1, 0.15) is 0 Å². The van der Waals surface area contributed by atoms with E-state index in [9.17, 15) is 9.90 Å². The number of aliphatic hydroxyl groups is 1.